The van der Waals surface area contributed by atoms with Crippen molar-refractivity contribution < 1.29 is 5.11 Å². The molecule has 0 amide bonds. The summed E-state index contributed by atoms with van der Waals surface area (Å²) in [6.07, 6.45) is 8.91. The van der Waals surface area contributed by atoms with Crippen molar-refractivity contribution >= 4 is 6.08 Å². The average Bonchev–Trinajstić information content (AvgIpc) is 2.47. The molecule has 0 fully saturated rings. The summed E-state index contributed by atoms with van der Waals surface area (Å²) in [5.41, 5.74) is 0.332. The Labute approximate surface area is 107 Å². The third-order valence-electron chi connectivity index (χ3n) is 2.75. The molecule has 18 heavy (non-hydrogen) atoms. The lowest BCUT2D eigenvalue weighted by Gasteiger charge is -2.18. The van der Waals surface area contributed by atoms with Crippen LogP contribution in [0.4, 0.5) is 0 Å². The van der Waals surface area contributed by atoms with E-state index in [0.717, 1.165) is 5.56 Å². The molecule has 1 nitrogen and oxygen atoms in total. The highest BCUT2D eigenvalue weighted by Gasteiger charge is 2.22. The van der Waals surface area contributed by atoms with E-state index in [1.54, 1.807) is 6.08 Å². The van der Waals surface area contributed by atoms with Gasteiger partial charge in [0.25, 0.3) is 0 Å². The molecule has 0 spiro atoms. The fourth-order valence-electron chi connectivity index (χ4n) is 1.70. The van der Waals surface area contributed by atoms with Crippen molar-refractivity contribution in [1.82, 2.24) is 0 Å². The fraction of sp³-hybridized carbons (Fsp3) is 0.0588. The van der Waals surface area contributed by atoms with Gasteiger partial charge in [0.05, 0.1) is 0 Å². The molecule has 0 saturated heterocycles. The zero-order valence-corrected chi connectivity index (χ0v) is 9.95. The van der Waals surface area contributed by atoms with Gasteiger partial charge < -0.3 is 5.11 Å². The average molecular weight is 234 g/mol. The van der Waals surface area contributed by atoms with Gasteiger partial charge in [0, 0.05) is 0 Å². The van der Waals surface area contributed by atoms with Gasteiger partial charge in [-0.2, -0.15) is 0 Å². The second-order valence-electron chi connectivity index (χ2n) is 4.02. The summed E-state index contributed by atoms with van der Waals surface area (Å²) in [5.74, 6) is 2.43. The number of terminal acetylenes is 1. The van der Waals surface area contributed by atoms with Crippen molar-refractivity contribution in [2.75, 3.05) is 0 Å². The van der Waals surface area contributed by atoms with Gasteiger partial charge in [0.15, 0.2) is 5.60 Å². The van der Waals surface area contributed by atoms with E-state index in [4.69, 9.17) is 6.42 Å². The molecule has 2 aromatic rings. The quantitative estimate of drug-likeness (QED) is 0.808. The first kappa shape index (κ1) is 12.2. The third-order valence-corrected chi connectivity index (χ3v) is 2.75. The summed E-state index contributed by atoms with van der Waals surface area (Å²) < 4.78 is 0. The summed E-state index contributed by atoms with van der Waals surface area (Å²) in [7, 11) is 0. The summed E-state index contributed by atoms with van der Waals surface area (Å²) in [6, 6.07) is 19.0. The van der Waals surface area contributed by atoms with E-state index in [1.165, 1.54) is 0 Å². The van der Waals surface area contributed by atoms with Crippen molar-refractivity contribution in [2.45, 2.75) is 5.60 Å². The Balaban J connectivity index is 2.30. The molecule has 1 heteroatoms. The number of aliphatic hydroxyl groups is 1. The monoisotopic (exact) mass is 234 g/mol. The van der Waals surface area contributed by atoms with Crippen LogP contribution >= 0.6 is 0 Å². The smallest absolute Gasteiger partial charge is 0.169 e. The number of benzene rings is 2. The van der Waals surface area contributed by atoms with Crippen molar-refractivity contribution in [3.8, 4) is 12.3 Å². The highest BCUT2D eigenvalue weighted by Crippen LogP contribution is 2.22. The van der Waals surface area contributed by atoms with Gasteiger partial charge in [-0.25, -0.2) is 0 Å². The van der Waals surface area contributed by atoms with Crippen molar-refractivity contribution in [3.63, 3.8) is 0 Å². The van der Waals surface area contributed by atoms with Gasteiger partial charge in [-0.15, -0.1) is 6.42 Å². The molecule has 88 valence electrons. The van der Waals surface area contributed by atoms with Crippen LogP contribution in [0.1, 0.15) is 11.1 Å². The minimum absolute atomic E-state index is 0.694. The maximum atomic E-state index is 10.4. The molecular formula is C17H14O. The first-order valence-corrected chi connectivity index (χ1v) is 5.74. The van der Waals surface area contributed by atoms with Crippen LogP contribution in [-0.2, 0) is 5.60 Å². The lowest BCUT2D eigenvalue weighted by Crippen LogP contribution is -2.19. The summed E-state index contributed by atoms with van der Waals surface area (Å²) >= 11 is 0. The number of hydrogen-bond acceptors (Lipinski definition) is 1. The molecule has 0 aliphatic heterocycles. The number of hydrogen-bond donors (Lipinski definition) is 1. The van der Waals surface area contributed by atoms with Crippen LogP contribution in [0.5, 0.6) is 0 Å². The van der Waals surface area contributed by atoms with E-state index in [1.807, 2.05) is 66.7 Å². The molecule has 0 aliphatic rings. The van der Waals surface area contributed by atoms with Gasteiger partial charge >= 0.3 is 0 Å². The van der Waals surface area contributed by atoms with Crippen LogP contribution in [0.25, 0.3) is 6.08 Å². The predicted molar refractivity (Wildman–Crippen MR) is 74.6 cm³/mol. The molecule has 0 radical (unpaired) electrons. The van der Waals surface area contributed by atoms with Crippen LogP contribution in [0.2, 0.25) is 0 Å². The van der Waals surface area contributed by atoms with Crippen LogP contribution in [0, 0.1) is 12.3 Å². The lowest BCUT2D eigenvalue weighted by atomic mass is 9.93. The van der Waals surface area contributed by atoms with E-state index in [-0.39, 0.29) is 0 Å². The zero-order chi connectivity index (χ0) is 12.8. The van der Waals surface area contributed by atoms with E-state index in [0.29, 0.717) is 5.56 Å². The molecule has 0 aliphatic carbocycles. The van der Waals surface area contributed by atoms with Crippen molar-refractivity contribution in [2.24, 2.45) is 0 Å². The Kier molecular flexibility index (Phi) is 3.62. The second-order valence-corrected chi connectivity index (χ2v) is 4.02. The predicted octanol–water partition coefficient (Wildman–Crippen LogP) is 3.22. The minimum Gasteiger partial charge on any atom is -0.370 e. The highest BCUT2D eigenvalue weighted by atomic mass is 16.3. The highest BCUT2D eigenvalue weighted by molar-refractivity contribution is 5.53. The molecule has 2 aromatic carbocycles. The van der Waals surface area contributed by atoms with Gasteiger partial charge in [-0.3, -0.25) is 0 Å². The van der Waals surface area contributed by atoms with Crippen LogP contribution in [0.15, 0.2) is 66.7 Å². The molecule has 1 atom stereocenters. The van der Waals surface area contributed by atoms with Gasteiger partial charge in [-0.05, 0) is 17.2 Å². The maximum Gasteiger partial charge on any atom is 0.169 e. The zero-order valence-electron chi connectivity index (χ0n) is 9.95. The summed E-state index contributed by atoms with van der Waals surface area (Å²) in [5, 5.41) is 10.4. The van der Waals surface area contributed by atoms with Gasteiger partial charge in [0.2, 0.25) is 0 Å². The van der Waals surface area contributed by atoms with E-state index in [2.05, 4.69) is 5.92 Å². The lowest BCUT2D eigenvalue weighted by molar-refractivity contribution is 0.155. The van der Waals surface area contributed by atoms with Crippen LogP contribution < -0.4 is 0 Å². The van der Waals surface area contributed by atoms with E-state index < -0.39 is 5.60 Å². The van der Waals surface area contributed by atoms with E-state index >= 15 is 0 Å². The Bertz CT molecular complexity index is 564. The fourth-order valence-corrected chi connectivity index (χ4v) is 1.70. The topological polar surface area (TPSA) is 20.2 Å². The Hall–Kier alpha value is -2.30. The molecule has 1 N–H and O–H groups in total. The molecule has 2 rings (SSSR count). The van der Waals surface area contributed by atoms with Crippen molar-refractivity contribution in [3.05, 3.63) is 77.9 Å². The summed E-state index contributed by atoms with van der Waals surface area (Å²) in [6.45, 7) is 0. The Morgan fingerprint density at radius 1 is 0.944 bits per heavy atom. The number of rotatable bonds is 3. The Morgan fingerprint density at radius 3 is 2.06 bits per heavy atom. The second kappa shape index (κ2) is 5.35. The van der Waals surface area contributed by atoms with Crippen LogP contribution in [-0.4, -0.2) is 5.11 Å². The first-order valence-electron chi connectivity index (χ1n) is 5.74. The van der Waals surface area contributed by atoms with Gasteiger partial charge in [-0.1, -0.05) is 72.7 Å². The normalized spacial score (nSPS) is 14.0. The minimum atomic E-state index is -1.36. The maximum absolute atomic E-state index is 10.4. The third kappa shape index (κ3) is 2.68. The first-order chi connectivity index (χ1) is 8.74. The summed E-state index contributed by atoms with van der Waals surface area (Å²) in [4.78, 5) is 0. The largest absolute Gasteiger partial charge is 0.370 e. The molecule has 0 heterocycles. The van der Waals surface area contributed by atoms with E-state index in [9.17, 15) is 5.11 Å². The SMILES string of the molecule is C#CC(O)(/C=C/c1ccccc1)c1ccccc1. The molecule has 1 unspecified atom stereocenters. The van der Waals surface area contributed by atoms with Crippen LogP contribution in [0.3, 0.4) is 0 Å². The standard InChI is InChI=1S/C17H14O/c1-2-17(18,16-11-7-4-8-12-16)14-13-15-9-5-3-6-10-15/h1,3-14,18H/b14-13+. The van der Waals surface area contributed by atoms with Gasteiger partial charge in [0.1, 0.15) is 0 Å². The molecule has 0 saturated carbocycles. The van der Waals surface area contributed by atoms with Crippen molar-refractivity contribution in [1.29, 1.82) is 0 Å². The molecule has 0 bridgehead atoms. The molecular weight excluding hydrogens is 220 g/mol. The Morgan fingerprint density at radius 2 is 1.50 bits per heavy atom. The molecule has 0 aromatic heterocycles.